The predicted octanol–water partition coefficient (Wildman–Crippen LogP) is 7.68. The SMILES string of the molecule is CCCCNC(=O)N(CCc1c[nH]c2ccccc12)Cc1c2ccccc2c(Cl)c2ccccc12. The Bertz CT molecular complexity index is 1430. The number of hydrogen-bond acceptors (Lipinski definition) is 1. The fraction of sp³-hybridized carbons (Fsp3) is 0.233. The number of carbonyl (C=O) groups is 1. The van der Waals surface area contributed by atoms with Gasteiger partial charge in [-0.25, -0.2) is 4.79 Å². The number of rotatable bonds is 8. The van der Waals surface area contributed by atoms with Crippen LogP contribution in [0.15, 0.2) is 79.0 Å². The average Bonchev–Trinajstić information content (AvgIpc) is 3.31. The molecule has 5 rings (SSSR count). The first-order valence-corrected chi connectivity index (χ1v) is 12.7. The Kier molecular flexibility index (Phi) is 6.91. The first-order chi connectivity index (χ1) is 17.2. The van der Waals surface area contributed by atoms with Crippen LogP contribution in [0.2, 0.25) is 5.02 Å². The number of aromatic amines is 1. The van der Waals surface area contributed by atoms with Crippen molar-refractivity contribution in [2.45, 2.75) is 32.7 Å². The minimum atomic E-state index is -0.0265. The second-order valence-electron chi connectivity index (χ2n) is 9.00. The lowest BCUT2D eigenvalue weighted by Crippen LogP contribution is -2.41. The van der Waals surface area contributed by atoms with Gasteiger partial charge in [-0.2, -0.15) is 0 Å². The third-order valence-electron chi connectivity index (χ3n) is 6.75. The van der Waals surface area contributed by atoms with Crippen molar-refractivity contribution in [2.75, 3.05) is 13.1 Å². The number of halogens is 1. The van der Waals surface area contributed by atoms with Gasteiger partial charge in [0, 0.05) is 47.5 Å². The van der Waals surface area contributed by atoms with Crippen LogP contribution in [-0.2, 0) is 13.0 Å². The fourth-order valence-electron chi connectivity index (χ4n) is 4.86. The molecule has 178 valence electrons. The molecule has 1 aromatic heterocycles. The van der Waals surface area contributed by atoms with Gasteiger partial charge >= 0.3 is 6.03 Å². The van der Waals surface area contributed by atoms with Crippen LogP contribution >= 0.6 is 11.6 Å². The molecule has 5 heteroatoms. The van der Waals surface area contributed by atoms with Crippen molar-refractivity contribution in [2.24, 2.45) is 0 Å². The molecule has 0 aliphatic heterocycles. The Labute approximate surface area is 210 Å². The van der Waals surface area contributed by atoms with Gasteiger partial charge in [-0.15, -0.1) is 0 Å². The first-order valence-electron chi connectivity index (χ1n) is 12.3. The van der Waals surface area contributed by atoms with Crippen molar-refractivity contribution in [3.63, 3.8) is 0 Å². The Morgan fingerprint density at radius 3 is 2.14 bits per heavy atom. The molecule has 0 aliphatic rings. The molecule has 0 fully saturated rings. The van der Waals surface area contributed by atoms with Crippen molar-refractivity contribution in [3.8, 4) is 0 Å². The van der Waals surface area contributed by atoms with Crippen LogP contribution in [0.25, 0.3) is 32.4 Å². The monoisotopic (exact) mass is 483 g/mol. The number of aromatic nitrogens is 1. The van der Waals surface area contributed by atoms with Crippen LogP contribution in [0.5, 0.6) is 0 Å². The van der Waals surface area contributed by atoms with Gasteiger partial charge in [0.2, 0.25) is 0 Å². The number of carbonyl (C=O) groups excluding carboxylic acids is 1. The Morgan fingerprint density at radius 2 is 1.49 bits per heavy atom. The van der Waals surface area contributed by atoms with Crippen molar-refractivity contribution in [1.29, 1.82) is 0 Å². The van der Waals surface area contributed by atoms with Crippen LogP contribution in [0, 0.1) is 0 Å². The fourth-order valence-corrected chi connectivity index (χ4v) is 5.19. The molecule has 0 saturated carbocycles. The molecule has 2 amide bonds. The van der Waals surface area contributed by atoms with E-state index in [0.29, 0.717) is 19.6 Å². The number of unbranched alkanes of at least 4 members (excludes halogenated alkanes) is 1. The number of benzene rings is 4. The molecule has 4 aromatic carbocycles. The summed E-state index contributed by atoms with van der Waals surface area (Å²) in [7, 11) is 0. The van der Waals surface area contributed by atoms with Crippen LogP contribution in [-0.4, -0.2) is 29.0 Å². The zero-order chi connectivity index (χ0) is 24.2. The molecule has 0 atom stereocenters. The van der Waals surface area contributed by atoms with Gasteiger partial charge in [0.05, 0.1) is 5.02 Å². The third-order valence-corrected chi connectivity index (χ3v) is 7.15. The van der Waals surface area contributed by atoms with E-state index in [1.54, 1.807) is 0 Å². The molecule has 0 spiro atoms. The van der Waals surface area contributed by atoms with E-state index >= 15 is 0 Å². The molecule has 0 radical (unpaired) electrons. The minimum absolute atomic E-state index is 0.0265. The Hall–Kier alpha value is -3.50. The number of nitrogens with zero attached hydrogens (tertiary/aromatic N) is 1. The maximum atomic E-state index is 13.4. The van der Waals surface area contributed by atoms with Gasteiger partial charge in [0.1, 0.15) is 0 Å². The topological polar surface area (TPSA) is 48.1 Å². The molecular formula is C30H30ClN3O. The average molecular weight is 484 g/mol. The molecule has 0 aliphatic carbocycles. The summed E-state index contributed by atoms with van der Waals surface area (Å²) in [5, 5.41) is 9.33. The summed E-state index contributed by atoms with van der Waals surface area (Å²) in [6.45, 7) is 3.94. The van der Waals surface area contributed by atoms with E-state index in [0.717, 1.165) is 56.9 Å². The van der Waals surface area contributed by atoms with Crippen molar-refractivity contribution in [3.05, 3.63) is 95.1 Å². The van der Waals surface area contributed by atoms with Crippen LogP contribution in [0.3, 0.4) is 0 Å². The summed E-state index contributed by atoms with van der Waals surface area (Å²) < 4.78 is 0. The van der Waals surface area contributed by atoms with Gasteiger partial charge in [-0.05, 0) is 40.8 Å². The molecule has 1 heterocycles. The number of fused-ring (bicyclic) bond motifs is 3. The molecule has 0 unspecified atom stereocenters. The molecule has 4 nitrogen and oxygen atoms in total. The zero-order valence-corrected chi connectivity index (χ0v) is 20.7. The smallest absolute Gasteiger partial charge is 0.317 e. The lowest BCUT2D eigenvalue weighted by molar-refractivity contribution is 0.196. The number of para-hydroxylation sites is 1. The first kappa shape index (κ1) is 23.3. The highest BCUT2D eigenvalue weighted by atomic mass is 35.5. The lowest BCUT2D eigenvalue weighted by Gasteiger charge is -2.25. The summed E-state index contributed by atoms with van der Waals surface area (Å²) in [5.74, 6) is 0. The summed E-state index contributed by atoms with van der Waals surface area (Å²) in [6.07, 6.45) is 4.84. The molecule has 0 bridgehead atoms. The number of H-pyrrole nitrogens is 1. The van der Waals surface area contributed by atoms with E-state index < -0.39 is 0 Å². The summed E-state index contributed by atoms with van der Waals surface area (Å²) in [6, 6.07) is 24.7. The quantitative estimate of drug-likeness (QED) is 0.172. The third kappa shape index (κ3) is 4.71. The minimum Gasteiger partial charge on any atom is -0.361 e. The van der Waals surface area contributed by atoms with Crippen LogP contribution in [0.1, 0.15) is 30.9 Å². The number of hydrogen-bond donors (Lipinski definition) is 2. The maximum Gasteiger partial charge on any atom is 0.317 e. The molecule has 0 saturated heterocycles. The summed E-state index contributed by atoms with van der Waals surface area (Å²) in [5.41, 5.74) is 3.47. The predicted molar refractivity (Wildman–Crippen MR) is 147 cm³/mol. The van der Waals surface area contributed by atoms with E-state index in [2.05, 4.69) is 65.9 Å². The molecule has 35 heavy (non-hydrogen) atoms. The lowest BCUT2D eigenvalue weighted by atomic mass is 9.96. The van der Waals surface area contributed by atoms with Gasteiger partial charge in [0.25, 0.3) is 0 Å². The van der Waals surface area contributed by atoms with Crippen molar-refractivity contribution in [1.82, 2.24) is 15.2 Å². The van der Waals surface area contributed by atoms with Crippen molar-refractivity contribution >= 4 is 50.1 Å². The van der Waals surface area contributed by atoms with E-state index in [9.17, 15) is 4.79 Å². The molecular weight excluding hydrogens is 454 g/mol. The Balaban J connectivity index is 1.51. The van der Waals surface area contributed by atoms with Gasteiger partial charge < -0.3 is 15.2 Å². The van der Waals surface area contributed by atoms with E-state index in [1.165, 1.54) is 10.9 Å². The van der Waals surface area contributed by atoms with E-state index in [1.807, 2.05) is 35.2 Å². The number of nitrogens with one attached hydrogen (secondary N) is 2. The number of urea groups is 1. The van der Waals surface area contributed by atoms with Gasteiger partial charge in [0.15, 0.2) is 0 Å². The highest BCUT2D eigenvalue weighted by molar-refractivity contribution is 6.41. The summed E-state index contributed by atoms with van der Waals surface area (Å²) >= 11 is 6.82. The number of amides is 2. The van der Waals surface area contributed by atoms with E-state index in [-0.39, 0.29) is 6.03 Å². The highest BCUT2D eigenvalue weighted by Crippen LogP contribution is 2.36. The normalized spacial score (nSPS) is 11.4. The van der Waals surface area contributed by atoms with Crippen LogP contribution in [0.4, 0.5) is 4.79 Å². The second-order valence-corrected chi connectivity index (χ2v) is 9.38. The second kappa shape index (κ2) is 10.4. The zero-order valence-electron chi connectivity index (χ0n) is 20.0. The van der Waals surface area contributed by atoms with Crippen LogP contribution < -0.4 is 5.32 Å². The summed E-state index contributed by atoms with van der Waals surface area (Å²) in [4.78, 5) is 18.7. The van der Waals surface area contributed by atoms with Gasteiger partial charge in [-0.1, -0.05) is 91.7 Å². The Morgan fingerprint density at radius 1 is 0.886 bits per heavy atom. The largest absolute Gasteiger partial charge is 0.361 e. The van der Waals surface area contributed by atoms with E-state index in [4.69, 9.17) is 11.6 Å². The maximum absolute atomic E-state index is 13.4. The van der Waals surface area contributed by atoms with Gasteiger partial charge in [-0.3, -0.25) is 0 Å². The molecule has 2 N–H and O–H groups in total. The van der Waals surface area contributed by atoms with Crippen molar-refractivity contribution < 1.29 is 4.79 Å². The standard InChI is InChI=1S/C30H30ClN3O/c1-2-3-17-32-30(35)34(18-16-21-19-33-28-15-9-8-10-22(21)28)20-27-23-11-4-6-13-25(23)29(31)26-14-7-5-12-24(26)27/h4-15,19,33H,2-3,16-18,20H2,1H3,(H,32,35). The molecule has 5 aromatic rings. The highest BCUT2D eigenvalue weighted by Gasteiger charge is 2.19.